The molecule has 0 saturated carbocycles. The number of carbonyl (C=O) groups is 1. The second-order valence-electron chi connectivity index (χ2n) is 3.99. The van der Waals surface area contributed by atoms with Crippen molar-refractivity contribution in [2.75, 3.05) is 0 Å². The van der Waals surface area contributed by atoms with E-state index in [1.807, 2.05) is 29.8 Å². The van der Waals surface area contributed by atoms with Gasteiger partial charge in [0.1, 0.15) is 0 Å². The van der Waals surface area contributed by atoms with Crippen molar-refractivity contribution < 1.29 is 4.79 Å². The quantitative estimate of drug-likeness (QED) is 0.877. The summed E-state index contributed by atoms with van der Waals surface area (Å²) in [5.41, 5.74) is 0.729. The summed E-state index contributed by atoms with van der Waals surface area (Å²) in [6.07, 6.45) is 5.96. The minimum atomic E-state index is -0.120. The molecule has 0 fully saturated rings. The van der Waals surface area contributed by atoms with Crippen LogP contribution in [0.3, 0.4) is 0 Å². The number of imidazole rings is 1. The van der Waals surface area contributed by atoms with E-state index in [1.54, 1.807) is 6.08 Å². The first kappa shape index (κ1) is 13.1. The van der Waals surface area contributed by atoms with E-state index in [1.165, 1.54) is 17.4 Å². The highest BCUT2D eigenvalue weighted by Crippen LogP contribution is 2.22. The summed E-state index contributed by atoms with van der Waals surface area (Å²) >= 11 is 7.52. The van der Waals surface area contributed by atoms with Gasteiger partial charge >= 0.3 is 0 Å². The predicted molar refractivity (Wildman–Crippen MR) is 75.0 cm³/mol. The lowest BCUT2D eigenvalue weighted by Gasteiger charge is -2.08. The molecule has 0 spiro atoms. The van der Waals surface area contributed by atoms with Gasteiger partial charge in [0.15, 0.2) is 10.1 Å². The van der Waals surface area contributed by atoms with Crippen LogP contribution < -0.4 is 5.32 Å². The fourth-order valence-corrected chi connectivity index (χ4v) is 2.48. The zero-order valence-electron chi connectivity index (χ0n) is 10.2. The number of rotatable bonds is 4. The van der Waals surface area contributed by atoms with Crippen LogP contribution in [-0.4, -0.2) is 21.3 Å². The minimum absolute atomic E-state index is 0.120. The number of halogens is 1. The molecule has 1 unspecified atom stereocenters. The van der Waals surface area contributed by atoms with E-state index in [9.17, 15) is 4.79 Å². The smallest absolute Gasteiger partial charge is 0.244 e. The number of amides is 1. The summed E-state index contributed by atoms with van der Waals surface area (Å²) in [5, 5.41) is 5.19. The largest absolute Gasteiger partial charge is 0.350 e. The number of fused-ring (bicyclic) bond motifs is 1. The molecule has 2 aromatic rings. The number of hydrogen-bond donors (Lipinski definition) is 1. The van der Waals surface area contributed by atoms with Gasteiger partial charge in [0.2, 0.25) is 5.91 Å². The highest BCUT2D eigenvalue weighted by molar-refractivity contribution is 7.15. The van der Waals surface area contributed by atoms with Gasteiger partial charge in [-0.25, -0.2) is 4.98 Å². The molecule has 0 saturated heterocycles. The maximum Gasteiger partial charge on any atom is 0.244 e. The Morgan fingerprint density at radius 3 is 3.22 bits per heavy atom. The lowest BCUT2D eigenvalue weighted by atomic mass is 10.2. The summed E-state index contributed by atoms with van der Waals surface area (Å²) in [7, 11) is 0. The van der Waals surface area contributed by atoms with Gasteiger partial charge in [0, 0.05) is 23.7 Å². The van der Waals surface area contributed by atoms with Crippen molar-refractivity contribution in [1.29, 1.82) is 0 Å². The molecule has 0 radical (unpaired) electrons. The third-order valence-electron chi connectivity index (χ3n) is 2.65. The second-order valence-corrected chi connectivity index (χ2v) is 5.23. The molecule has 2 rings (SSSR count). The monoisotopic (exact) mass is 283 g/mol. The topological polar surface area (TPSA) is 46.4 Å². The standard InChI is InChI=1S/C12H14ClN3OS/c1-3-8(2)14-10(17)5-4-9-11(13)15-12-16(9)6-7-18-12/h4-8H,3H2,1-2H3,(H,14,17)/b5-4+. The average molecular weight is 284 g/mol. The Hall–Kier alpha value is -1.33. The number of carbonyl (C=O) groups excluding carboxylic acids is 1. The molecule has 4 nitrogen and oxygen atoms in total. The van der Waals surface area contributed by atoms with Crippen molar-refractivity contribution in [3.8, 4) is 0 Å². The van der Waals surface area contributed by atoms with Gasteiger partial charge in [-0.15, -0.1) is 11.3 Å². The Labute approximate surface area is 114 Å². The van der Waals surface area contributed by atoms with Gasteiger partial charge in [-0.05, 0) is 19.4 Å². The van der Waals surface area contributed by atoms with Gasteiger partial charge in [0.05, 0.1) is 5.69 Å². The van der Waals surface area contributed by atoms with Crippen molar-refractivity contribution in [3.05, 3.63) is 28.5 Å². The van der Waals surface area contributed by atoms with E-state index in [0.29, 0.717) is 5.15 Å². The van der Waals surface area contributed by atoms with Crippen molar-refractivity contribution in [2.24, 2.45) is 0 Å². The highest BCUT2D eigenvalue weighted by Gasteiger charge is 2.09. The molecule has 0 aliphatic heterocycles. The van der Waals surface area contributed by atoms with E-state index >= 15 is 0 Å². The van der Waals surface area contributed by atoms with E-state index in [0.717, 1.165) is 17.1 Å². The van der Waals surface area contributed by atoms with Crippen LogP contribution in [-0.2, 0) is 4.79 Å². The summed E-state index contributed by atoms with van der Waals surface area (Å²) in [5.74, 6) is -0.120. The van der Waals surface area contributed by atoms with Crippen LogP contribution in [0, 0.1) is 0 Å². The van der Waals surface area contributed by atoms with Crippen molar-refractivity contribution in [2.45, 2.75) is 26.3 Å². The summed E-state index contributed by atoms with van der Waals surface area (Å²) in [6.45, 7) is 3.99. The van der Waals surface area contributed by atoms with Crippen molar-refractivity contribution >= 4 is 39.9 Å². The number of nitrogens with zero attached hydrogens (tertiary/aromatic N) is 2. The van der Waals surface area contributed by atoms with Gasteiger partial charge in [-0.1, -0.05) is 18.5 Å². The maximum absolute atomic E-state index is 11.6. The maximum atomic E-state index is 11.6. The number of aromatic nitrogens is 2. The van der Waals surface area contributed by atoms with Crippen LogP contribution in [0.25, 0.3) is 11.0 Å². The lowest BCUT2D eigenvalue weighted by Crippen LogP contribution is -2.30. The Balaban J connectivity index is 2.15. The number of hydrogen-bond acceptors (Lipinski definition) is 3. The average Bonchev–Trinajstić information content (AvgIpc) is 2.87. The zero-order chi connectivity index (χ0) is 13.1. The normalized spacial score (nSPS) is 13.3. The Morgan fingerprint density at radius 2 is 2.50 bits per heavy atom. The summed E-state index contributed by atoms with van der Waals surface area (Å²) < 4.78 is 1.86. The molecule has 96 valence electrons. The van der Waals surface area contributed by atoms with Crippen LogP contribution >= 0.6 is 22.9 Å². The molecular weight excluding hydrogens is 270 g/mol. The summed E-state index contributed by atoms with van der Waals surface area (Å²) in [6, 6.07) is 0.171. The zero-order valence-corrected chi connectivity index (χ0v) is 11.8. The van der Waals surface area contributed by atoms with Gasteiger partial charge < -0.3 is 5.32 Å². The molecule has 0 aliphatic carbocycles. The van der Waals surface area contributed by atoms with Crippen LogP contribution in [0.2, 0.25) is 5.15 Å². The van der Waals surface area contributed by atoms with E-state index in [2.05, 4.69) is 10.3 Å². The third kappa shape index (κ3) is 2.73. The molecule has 0 bridgehead atoms. The van der Waals surface area contributed by atoms with Crippen molar-refractivity contribution in [3.63, 3.8) is 0 Å². The number of nitrogens with one attached hydrogen (secondary N) is 1. The van der Waals surface area contributed by atoms with E-state index in [-0.39, 0.29) is 11.9 Å². The molecule has 1 N–H and O–H groups in total. The first-order chi connectivity index (χ1) is 8.61. The molecule has 1 atom stereocenters. The lowest BCUT2D eigenvalue weighted by molar-refractivity contribution is -0.117. The molecule has 6 heteroatoms. The van der Waals surface area contributed by atoms with Crippen LogP contribution in [0.5, 0.6) is 0 Å². The molecule has 1 amide bonds. The van der Waals surface area contributed by atoms with E-state index < -0.39 is 0 Å². The fourth-order valence-electron chi connectivity index (χ4n) is 1.47. The first-order valence-corrected chi connectivity index (χ1v) is 6.97. The third-order valence-corrected chi connectivity index (χ3v) is 3.68. The first-order valence-electron chi connectivity index (χ1n) is 5.71. The van der Waals surface area contributed by atoms with E-state index in [4.69, 9.17) is 11.6 Å². The molecule has 18 heavy (non-hydrogen) atoms. The van der Waals surface area contributed by atoms with Crippen molar-refractivity contribution in [1.82, 2.24) is 14.7 Å². The molecule has 2 aromatic heterocycles. The Morgan fingerprint density at radius 1 is 1.72 bits per heavy atom. The highest BCUT2D eigenvalue weighted by atomic mass is 35.5. The van der Waals surface area contributed by atoms with Crippen LogP contribution in [0.1, 0.15) is 26.0 Å². The molecule has 2 heterocycles. The predicted octanol–water partition coefficient (Wildman–Crippen LogP) is 2.98. The molecule has 0 aromatic carbocycles. The molecular formula is C12H14ClN3OS. The Bertz CT molecular complexity index is 587. The SMILES string of the molecule is CCC(C)NC(=O)/C=C/c1c(Cl)nc2sccn12. The fraction of sp³-hybridized carbons (Fsp3) is 0.333. The summed E-state index contributed by atoms with van der Waals surface area (Å²) in [4.78, 5) is 16.6. The minimum Gasteiger partial charge on any atom is -0.350 e. The Kier molecular flexibility index (Phi) is 4.04. The second kappa shape index (κ2) is 5.54. The van der Waals surface area contributed by atoms with Gasteiger partial charge in [0.25, 0.3) is 0 Å². The van der Waals surface area contributed by atoms with Gasteiger partial charge in [-0.2, -0.15) is 0 Å². The van der Waals surface area contributed by atoms with Crippen LogP contribution in [0.15, 0.2) is 17.7 Å². The van der Waals surface area contributed by atoms with Crippen LogP contribution in [0.4, 0.5) is 0 Å². The molecule has 0 aliphatic rings. The van der Waals surface area contributed by atoms with Gasteiger partial charge in [-0.3, -0.25) is 9.20 Å². The number of thiazole rings is 1.